The number of para-hydroxylation sites is 2. The summed E-state index contributed by atoms with van der Waals surface area (Å²) in [6.45, 7) is 5.97. The monoisotopic (exact) mass is 323 g/mol. The van der Waals surface area contributed by atoms with Crippen LogP contribution >= 0.6 is 0 Å². The number of nitrogens with one attached hydrogen (secondary N) is 2. The van der Waals surface area contributed by atoms with Crippen LogP contribution in [-0.2, 0) is 4.79 Å². The minimum absolute atomic E-state index is 0.218. The lowest BCUT2D eigenvalue weighted by Crippen LogP contribution is -2.16. The van der Waals surface area contributed by atoms with Crippen molar-refractivity contribution < 1.29 is 9.59 Å². The summed E-state index contributed by atoms with van der Waals surface area (Å²) >= 11 is 0. The van der Waals surface area contributed by atoms with Crippen LogP contribution < -0.4 is 10.6 Å². The molecule has 124 valence electrons. The number of hydrogen-bond donors (Lipinski definition) is 2. The molecular formula is C19H21N3O2. The van der Waals surface area contributed by atoms with Crippen molar-refractivity contribution >= 4 is 23.2 Å². The van der Waals surface area contributed by atoms with E-state index >= 15 is 0 Å². The Hall–Kier alpha value is -2.95. The molecule has 5 nitrogen and oxygen atoms in total. The molecule has 0 bridgehead atoms. The van der Waals surface area contributed by atoms with Gasteiger partial charge in [-0.2, -0.15) is 0 Å². The van der Waals surface area contributed by atoms with Gasteiger partial charge in [0.2, 0.25) is 5.91 Å². The fourth-order valence-electron chi connectivity index (χ4n) is 1.93. The highest BCUT2D eigenvalue weighted by Gasteiger charge is 2.10. The van der Waals surface area contributed by atoms with Crippen molar-refractivity contribution in [2.24, 2.45) is 5.92 Å². The molecule has 1 aromatic heterocycles. The summed E-state index contributed by atoms with van der Waals surface area (Å²) in [4.78, 5) is 28.3. The molecule has 2 aromatic rings. The molecule has 0 saturated carbocycles. The Morgan fingerprint density at radius 2 is 1.71 bits per heavy atom. The predicted octanol–water partition coefficient (Wildman–Crippen LogP) is 3.87. The first-order valence-electron chi connectivity index (χ1n) is 7.77. The molecule has 5 heteroatoms. The van der Waals surface area contributed by atoms with Gasteiger partial charge in [-0.25, -0.2) is 0 Å². The van der Waals surface area contributed by atoms with Crippen LogP contribution in [0.15, 0.2) is 60.4 Å². The molecule has 0 aliphatic carbocycles. The highest BCUT2D eigenvalue weighted by atomic mass is 16.2. The largest absolute Gasteiger partial charge is 0.321 e. The first kappa shape index (κ1) is 17.4. The van der Waals surface area contributed by atoms with Gasteiger partial charge in [0, 0.05) is 18.5 Å². The zero-order valence-electron chi connectivity index (χ0n) is 14.0. The lowest BCUT2D eigenvalue weighted by atomic mass is 10.1. The van der Waals surface area contributed by atoms with Crippen LogP contribution in [0.3, 0.4) is 0 Å². The van der Waals surface area contributed by atoms with E-state index in [2.05, 4.69) is 15.6 Å². The van der Waals surface area contributed by atoms with Gasteiger partial charge >= 0.3 is 0 Å². The average molecular weight is 323 g/mol. The first-order valence-corrected chi connectivity index (χ1v) is 7.77. The summed E-state index contributed by atoms with van der Waals surface area (Å²) in [5.41, 5.74) is 2.53. The normalized spacial score (nSPS) is 11.2. The molecule has 0 radical (unpaired) electrons. The molecule has 0 unspecified atom stereocenters. The van der Waals surface area contributed by atoms with Gasteiger partial charge < -0.3 is 10.6 Å². The van der Waals surface area contributed by atoms with Crippen molar-refractivity contribution in [3.63, 3.8) is 0 Å². The van der Waals surface area contributed by atoms with Gasteiger partial charge in [0.25, 0.3) is 5.91 Å². The Morgan fingerprint density at radius 3 is 2.29 bits per heavy atom. The van der Waals surface area contributed by atoms with Gasteiger partial charge in [0.15, 0.2) is 0 Å². The van der Waals surface area contributed by atoms with Crippen LogP contribution in [-0.4, -0.2) is 16.8 Å². The number of aromatic nitrogens is 1. The average Bonchev–Trinajstić information content (AvgIpc) is 2.57. The van der Waals surface area contributed by atoms with Crippen LogP contribution in [0, 0.1) is 5.92 Å². The van der Waals surface area contributed by atoms with Crippen molar-refractivity contribution in [2.75, 3.05) is 10.6 Å². The third-order valence-electron chi connectivity index (χ3n) is 3.63. The fourth-order valence-corrected chi connectivity index (χ4v) is 1.93. The second kappa shape index (κ2) is 8.06. The number of carbonyl (C=O) groups is 2. The highest BCUT2D eigenvalue weighted by molar-refractivity contribution is 6.08. The van der Waals surface area contributed by atoms with Crippen LogP contribution in [0.1, 0.15) is 31.1 Å². The van der Waals surface area contributed by atoms with E-state index in [0.29, 0.717) is 22.9 Å². The minimum atomic E-state index is -0.279. The maximum atomic E-state index is 12.2. The number of anilines is 2. The van der Waals surface area contributed by atoms with Crippen molar-refractivity contribution in [3.8, 4) is 0 Å². The van der Waals surface area contributed by atoms with Crippen LogP contribution in [0.2, 0.25) is 0 Å². The van der Waals surface area contributed by atoms with Gasteiger partial charge in [-0.3, -0.25) is 14.6 Å². The number of rotatable bonds is 5. The number of benzene rings is 1. The van der Waals surface area contributed by atoms with Crippen LogP contribution in [0.4, 0.5) is 11.4 Å². The Balaban J connectivity index is 2.14. The van der Waals surface area contributed by atoms with E-state index in [1.54, 1.807) is 48.7 Å². The Bertz CT molecular complexity index is 752. The summed E-state index contributed by atoms with van der Waals surface area (Å²) in [6, 6.07) is 10.5. The molecule has 2 amide bonds. The maximum Gasteiger partial charge on any atom is 0.257 e. The van der Waals surface area contributed by atoms with Gasteiger partial charge in [-0.15, -0.1) is 0 Å². The van der Waals surface area contributed by atoms with Gasteiger partial charge in [0.1, 0.15) is 0 Å². The van der Waals surface area contributed by atoms with E-state index in [1.165, 1.54) is 6.20 Å². The number of carbonyl (C=O) groups excluding carboxylic acids is 2. The SMILES string of the molecule is C/C(=C\C(=O)Nc1ccccc1NC(=O)c1cccnc1)C(C)C. The molecule has 2 rings (SSSR count). The second-order valence-electron chi connectivity index (χ2n) is 5.77. The Labute approximate surface area is 141 Å². The lowest BCUT2D eigenvalue weighted by Gasteiger charge is -2.12. The number of hydrogen-bond acceptors (Lipinski definition) is 3. The lowest BCUT2D eigenvalue weighted by molar-refractivity contribution is -0.112. The van der Waals surface area contributed by atoms with Crippen molar-refractivity contribution in [1.29, 1.82) is 0 Å². The van der Waals surface area contributed by atoms with E-state index < -0.39 is 0 Å². The molecule has 24 heavy (non-hydrogen) atoms. The third kappa shape index (κ3) is 4.78. The van der Waals surface area contributed by atoms with Crippen molar-refractivity contribution in [1.82, 2.24) is 4.98 Å². The topological polar surface area (TPSA) is 71.1 Å². The van der Waals surface area contributed by atoms with E-state index in [1.807, 2.05) is 20.8 Å². The fraction of sp³-hybridized carbons (Fsp3) is 0.211. The molecule has 0 saturated heterocycles. The number of pyridine rings is 1. The molecule has 1 aromatic carbocycles. The Morgan fingerprint density at radius 1 is 1.04 bits per heavy atom. The second-order valence-corrected chi connectivity index (χ2v) is 5.77. The summed E-state index contributed by atoms with van der Waals surface area (Å²) in [5.74, 6) is -0.195. The third-order valence-corrected chi connectivity index (χ3v) is 3.63. The van der Waals surface area contributed by atoms with Crippen LogP contribution in [0.5, 0.6) is 0 Å². The minimum Gasteiger partial charge on any atom is -0.321 e. The van der Waals surface area contributed by atoms with Crippen molar-refractivity contribution in [3.05, 3.63) is 66.0 Å². The predicted molar refractivity (Wildman–Crippen MR) is 95.9 cm³/mol. The summed E-state index contributed by atoms with van der Waals surface area (Å²) in [5, 5.41) is 5.60. The van der Waals surface area contributed by atoms with E-state index in [9.17, 15) is 9.59 Å². The van der Waals surface area contributed by atoms with Crippen molar-refractivity contribution in [2.45, 2.75) is 20.8 Å². The van der Waals surface area contributed by atoms with E-state index in [4.69, 9.17) is 0 Å². The summed E-state index contributed by atoms with van der Waals surface area (Å²) in [7, 11) is 0. The molecule has 1 heterocycles. The molecule has 0 atom stereocenters. The first-order chi connectivity index (χ1) is 11.5. The molecule has 0 aliphatic rings. The zero-order chi connectivity index (χ0) is 17.5. The van der Waals surface area contributed by atoms with Gasteiger partial charge in [-0.05, 0) is 37.1 Å². The number of amides is 2. The van der Waals surface area contributed by atoms with Crippen LogP contribution in [0.25, 0.3) is 0 Å². The van der Waals surface area contributed by atoms with Gasteiger partial charge in [-0.1, -0.05) is 31.6 Å². The molecular weight excluding hydrogens is 302 g/mol. The highest BCUT2D eigenvalue weighted by Crippen LogP contribution is 2.22. The Kier molecular flexibility index (Phi) is 5.84. The zero-order valence-corrected chi connectivity index (χ0v) is 14.0. The number of nitrogens with zero attached hydrogens (tertiary/aromatic N) is 1. The maximum absolute atomic E-state index is 12.2. The number of allylic oxidation sites excluding steroid dienone is 1. The van der Waals surface area contributed by atoms with E-state index in [0.717, 1.165) is 5.57 Å². The smallest absolute Gasteiger partial charge is 0.257 e. The molecule has 0 spiro atoms. The molecule has 2 N–H and O–H groups in total. The summed E-state index contributed by atoms with van der Waals surface area (Å²) < 4.78 is 0. The van der Waals surface area contributed by atoms with Gasteiger partial charge in [0.05, 0.1) is 16.9 Å². The molecule has 0 aliphatic heterocycles. The molecule has 0 fully saturated rings. The standard InChI is InChI=1S/C19H21N3O2/c1-13(2)14(3)11-18(23)21-16-8-4-5-9-17(16)22-19(24)15-7-6-10-20-12-15/h4-13H,1-3H3,(H,21,23)(H,22,24)/b14-11+. The summed E-state index contributed by atoms with van der Waals surface area (Å²) in [6.07, 6.45) is 4.67. The van der Waals surface area contributed by atoms with E-state index in [-0.39, 0.29) is 11.8 Å². The quantitative estimate of drug-likeness (QED) is 0.820.